The van der Waals surface area contributed by atoms with Crippen LogP contribution in [0.25, 0.3) is 0 Å². The highest BCUT2D eigenvalue weighted by molar-refractivity contribution is 5.80. The number of aliphatic imine (C=N–C) groups is 1. The third-order valence-corrected chi connectivity index (χ3v) is 3.88. The van der Waals surface area contributed by atoms with Gasteiger partial charge in [-0.1, -0.05) is 20.8 Å². The Labute approximate surface area is 128 Å². The monoisotopic (exact) mass is 297 g/mol. The van der Waals surface area contributed by atoms with Gasteiger partial charge in [-0.15, -0.1) is 0 Å². The normalized spacial score (nSPS) is 19.9. The first-order valence-corrected chi connectivity index (χ1v) is 8.04. The summed E-state index contributed by atoms with van der Waals surface area (Å²) in [7, 11) is 1.77. The van der Waals surface area contributed by atoms with E-state index in [1.54, 1.807) is 7.05 Å². The van der Waals surface area contributed by atoms with E-state index in [1.165, 1.54) is 19.4 Å². The molecule has 0 saturated carbocycles. The molecule has 1 amide bonds. The number of likely N-dealkylation sites (tertiary alicyclic amines) is 1. The van der Waals surface area contributed by atoms with Crippen molar-refractivity contribution in [1.29, 1.82) is 0 Å². The number of likely N-dealkylation sites (N-methyl/N-ethyl adjacent to an activating group) is 1. The maximum Gasteiger partial charge on any atom is 0.222 e. The van der Waals surface area contributed by atoms with Gasteiger partial charge < -0.3 is 16.0 Å². The van der Waals surface area contributed by atoms with E-state index in [4.69, 9.17) is 0 Å². The SMILES string of the molecule is CCN1CCCC1CNC(=NC)NCCNC(=O)C(C)C. The standard InChI is InChI=1S/C15H31N5O/c1-5-20-10-6-7-13(20)11-19-15(16-4)18-9-8-17-14(21)12(2)3/h12-13H,5-11H2,1-4H3,(H,17,21)(H2,16,18,19). The maximum absolute atomic E-state index is 11.4. The second kappa shape index (κ2) is 9.60. The Kier molecular flexibility index (Phi) is 8.12. The average molecular weight is 297 g/mol. The number of rotatable bonds is 7. The molecule has 0 aromatic rings. The fourth-order valence-corrected chi connectivity index (χ4v) is 2.55. The van der Waals surface area contributed by atoms with E-state index in [1.807, 2.05) is 13.8 Å². The first-order chi connectivity index (χ1) is 10.1. The minimum atomic E-state index is 0.0323. The molecule has 6 nitrogen and oxygen atoms in total. The zero-order valence-corrected chi connectivity index (χ0v) is 13.9. The summed E-state index contributed by atoms with van der Waals surface area (Å²) in [5.41, 5.74) is 0. The molecule has 0 aliphatic carbocycles. The molecule has 0 aromatic carbocycles. The van der Waals surface area contributed by atoms with E-state index >= 15 is 0 Å². The van der Waals surface area contributed by atoms with Gasteiger partial charge >= 0.3 is 0 Å². The summed E-state index contributed by atoms with van der Waals surface area (Å²) in [4.78, 5) is 18.2. The molecule has 21 heavy (non-hydrogen) atoms. The van der Waals surface area contributed by atoms with E-state index in [-0.39, 0.29) is 11.8 Å². The third-order valence-electron chi connectivity index (χ3n) is 3.88. The first kappa shape index (κ1) is 17.8. The lowest BCUT2D eigenvalue weighted by Crippen LogP contribution is -2.46. The zero-order chi connectivity index (χ0) is 15.7. The number of hydrogen-bond donors (Lipinski definition) is 3. The largest absolute Gasteiger partial charge is 0.355 e. The molecule has 0 radical (unpaired) electrons. The van der Waals surface area contributed by atoms with E-state index in [0.717, 1.165) is 19.0 Å². The average Bonchev–Trinajstić information content (AvgIpc) is 2.93. The quantitative estimate of drug-likeness (QED) is 0.362. The molecular weight excluding hydrogens is 266 g/mol. The number of guanidine groups is 1. The van der Waals surface area contributed by atoms with Gasteiger partial charge in [-0.05, 0) is 25.9 Å². The molecule has 1 heterocycles. The Balaban J connectivity index is 2.19. The Hall–Kier alpha value is -1.30. The second-order valence-electron chi connectivity index (χ2n) is 5.75. The smallest absolute Gasteiger partial charge is 0.222 e. The van der Waals surface area contributed by atoms with Gasteiger partial charge in [-0.3, -0.25) is 14.7 Å². The molecule has 0 bridgehead atoms. The minimum absolute atomic E-state index is 0.0323. The summed E-state index contributed by atoms with van der Waals surface area (Å²) >= 11 is 0. The van der Waals surface area contributed by atoms with Crippen LogP contribution in [0.3, 0.4) is 0 Å². The van der Waals surface area contributed by atoms with Gasteiger partial charge in [0, 0.05) is 38.6 Å². The molecule has 1 fully saturated rings. The van der Waals surface area contributed by atoms with Crippen molar-refractivity contribution in [2.24, 2.45) is 10.9 Å². The van der Waals surface area contributed by atoms with Crippen molar-refractivity contribution in [2.45, 2.75) is 39.7 Å². The van der Waals surface area contributed by atoms with Crippen LogP contribution in [0.2, 0.25) is 0 Å². The van der Waals surface area contributed by atoms with Crippen LogP contribution in [-0.4, -0.2) is 62.6 Å². The van der Waals surface area contributed by atoms with E-state index in [9.17, 15) is 4.79 Å². The number of hydrogen-bond acceptors (Lipinski definition) is 3. The lowest BCUT2D eigenvalue weighted by molar-refractivity contribution is -0.123. The van der Waals surface area contributed by atoms with Crippen molar-refractivity contribution in [3.05, 3.63) is 0 Å². The molecule has 0 aromatic heterocycles. The highest BCUT2D eigenvalue weighted by Gasteiger charge is 2.22. The third kappa shape index (κ3) is 6.33. The Bertz CT molecular complexity index is 343. The lowest BCUT2D eigenvalue weighted by Gasteiger charge is -2.24. The lowest BCUT2D eigenvalue weighted by atomic mass is 10.2. The van der Waals surface area contributed by atoms with Crippen molar-refractivity contribution in [3.8, 4) is 0 Å². The molecule has 1 aliphatic heterocycles. The van der Waals surface area contributed by atoms with Gasteiger partial charge in [0.25, 0.3) is 0 Å². The molecule has 1 saturated heterocycles. The number of carbonyl (C=O) groups excluding carboxylic acids is 1. The van der Waals surface area contributed by atoms with Crippen molar-refractivity contribution in [1.82, 2.24) is 20.9 Å². The van der Waals surface area contributed by atoms with Gasteiger partial charge in [0.2, 0.25) is 5.91 Å². The Morgan fingerprint density at radius 3 is 2.62 bits per heavy atom. The van der Waals surface area contributed by atoms with Gasteiger partial charge in [0.05, 0.1) is 0 Å². The first-order valence-electron chi connectivity index (χ1n) is 8.04. The van der Waals surface area contributed by atoms with Crippen molar-refractivity contribution in [2.75, 3.05) is 39.8 Å². The molecular formula is C15H31N5O. The van der Waals surface area contributed by atoms with Gasteiger partial charge in [-0.2, -0.15) is 0 Å². The number of nitrogens with zero attached hydrogens (tertiary/aromatic N) is 2. The predicted octanol–water partition coefficient (Wildman–Crippen LogP) is 0.408. The molecule has 1 atom stereocenters. The minimum Gasteiger partial charge on any atom is -0.355 e. The highest BCUT2D eigenvalue weighted by Crippen LogP contribution is 2.15. The van der Waals surface area contributed by atoms with Crippen LogP contribution < -0.4 is 16.0 Å². The second-order valence-corrected chi connectivity index (χ2v) is 5.75. The topological polar surface area (TPSA) is 68.8 Å². The van der Waals surface area contributed by atoms with Crippen LogP contribution in [0.1, 0.15) is 33.6 Å². The summed E-state index contributed by atoms with van der Waals surface area (Å²) in [6.07, 6.45) is 2.54. The fourth-order valence-electron chi connectivity index (χ4n) is 2.55. The molecule has 1 rings (SSSR count). The summed E-state index contributed by atoms with van der Waals surface area (Å²) in [6.45, 7) is 10.5. The zero-order valence-electron chi connectivity index (χ0n) is 13.9. The van der Waals surface area contributed by atoms with Crippen LogP contribution in [0.15, 0.2) is 4.99 Å². The highest BCUT2D eigenvalue weighted by atomic mass is 16.1. The van der Waals surface area contributed by atoms with Gasteiger partial charge in [0.15, 0.2) is 5.96 Å². The van der Waals surface area contributed by atoms with Crippen LogP contribution in [0, 0.1) is 5.92 Å². The molecule has 0 spiro atoms. The maximum atomic E-state index is 11.4. The molecule has 122 valence electrons. The Morgan fingerprint density at radius 1 is 1.29 bits per heavy atom. The van der Waals surface area contributed by atoms with Crippen LogP contribution in [0.4, 0.5) is 0 Å². The van der Waals surface area contributed by atoms with Crippen molar-refractivity contribution >= 4 is 11.9 Å². The van der Waals surface area contributed by atoms with Crippen LogP contribution >= 0.6 is 0 Å². The summed E-state index contributed by atoms with van der Waals surface area (Å²) in [5.74, 6) is 0.922. The fraction of sp³-hybridized carbons (Fsp3) is 0.867. The van der Waals surface area contributed by atoms with E-state index in [2.05, 4.69) is 32.8 Å². The van der Waals surface area contributed by atoms with Crippen LogP contribution in [0.5, 0.6) is 0 Å². The number of carbonyl (C=O) groups is 1. The number of amides is 1. The number of nitrogens with one attached hydrogen (secondary N) is 3. The molecule has 6 heteroatoms. The Morgan fingerprint density at radius 2 is 2.00 bits per heavy atom. The van der Waals surface area contributed by atoms with E-state index < -0.39 is 0 Å². The summed E-state index contributed by atoms with van der Waals surface area (Å²) in [5, 5.41) is 9.48. The predicted molar refractivity (Wildman–Crippen MR) is 87.5 cm³/mol. The van der Waals surface area contributed by atoms with Gasteiger partial charge in [0.1, 0.15) is 0 Å². The van der Waals surface area contributed by atoms with Crippen molar-refractivity contribution in [3.63, 3.8) is 0 Å². The van der Waals surface area contributed by atoms with E-state index in [0.29, 0.717) is 19.1 Å². The summed E-state index contributed by atoms with van der Waals surface area (Å²) < 4.78 is 0. The van der Waals surface area contributed by atoms with Gasteiger partial charge in [-0.25, -0.2) is 0 Å². The van der Waals surface area contributed by atoms with Crippen molar-refractivity contribution < 1.29 is 4.79 Å². The molecule has 1 aliphatic rings. The summed E-state index contributed by atoms with van der Waals surface area (Å²) in [6, 6.07) is 0.606. The molecule has 1 unspecified atom stereocenters. The molecule has 3 N–H and O–H groups in total. The van der Waals surface area contributed by atoms with Crippen LogP contribution in [-0.2, 0) is 4.79 Å².